The van der Waals surface area contributed by atoms with Gasteiger partial charge in [0.25, 0.3) is 5.91 Å². The third-order valence-electron chi connectivity index (χ3n) is 3.25. The van der Waals surface area contributed by atoms with E-state index < -0.39 is 5.91 Å². The number of hydrogen-bond donors (Lipinski definition) is 2. The number of carbonyl (C=O) groups excluding carboxylic acids is 2. The highest BCUT2D eigenvalue weighted by atomic mass is 35.5. The minimum Gasteiger partial charge on any atom is -0.366 e. The molecule has 0 radical (unpaired) electrons. The molecule has 0 spiro atoms. The maximum absolute atomic E-state index is 12.3. The van der Waals surface area contributed by atoms with E-state index in [2.05, 4.69) is 10.3 Å². The molecule has 5 nitrogen and oxygen atoms in total. The van der Waals surface area contributed by atoms with Crippen LogP contribution in [-0.2, 0) is 0 Å². The number of nitrogens with zero attached hydrogens (tertiary/aromatic N) is 1. The van der Waals surface area contributed by atoms with Crippen LogP contribution in [0, 0.1) is 0 Å². The van der Waals surface area contributed by atoms with Gasteiger partial charge in [0.2, 0.25) is 5.91 Å². The van der Waals surface area contributed by atoms with E-state index in [1.807, 2.05) is 30.3 Å². The van der Waals surface area contributed by atoms with Crippen LogP contribution in [0.1, 0.15) is 20.8 Å². The van der Waals surface area contributed by atoms with Crippen molar-refractivity contribution in [2.45, 2.75) is 0 Å². The van der Waals surface area contributed by atoms with E-state index >= 15 is 0 Å². The maximum Gasteiger partial charge on any atom is 0.275 e. The number of primary amides is 1. The molecule has 1 aromatic heterocycles. The summed E-state index contributed by atoms with van der Waals surface area (Å²) in [6, 6.07) is 14.1. The molecule has 2 amide bonds. The molecule has 0 aliphatic rings. The van der Waals surface area contributed by atoms with Crippen LogP contribution in [0.25, 0.3) is 10.6 Å². The van der Waals surface area contributed by atoms with Crippen molar-refractivity contribution in [3.8, 4) is 10.6 Å². The Hall–Kier alpha value is -2.70. The van der Waals surface area contributed by atoms with E-state index in [0.29, 0.717) is 11.4 Å². The second kappa shape index (κ2) is 6.82. The van der Waals surface area contributed by atoms with Gasteiger partial charge in [-0.15, -0.1) is 11.3 Å². The lowest BCUT2D eigenvalue weighted by atomic mass is 10.2. The van der Waals surface area contributed by atoms with Crippen molar-refractivity contribution < 1.29 is 9.59 Å². The predicted octanol–water partition coefficient (Wildman–Crippen LogP) is 3.81. The number of nitrogens with one attached hydrogen (secondary N) is 1. The summed E-state index contributed by atoms with van der Waals surface area (Å²) in [5.41, 5.74) is 7.07. The SMILES string of the molecule is NC(=O)c1cc(NC(=O)c2csc(-c3ccccc3)n2)ccc1Cl. The zero-order chi connectivity index (χ0) is 17.1. The Kier molecular flexibility index (Phi) is 4.59. The molecule has 0 saturated carbocycles. The van der Waals surface area contributed by atoms with E-state index in [1.165, 1.54) is 23.5 Å². The largest absolute Gasteiger partial charge is 0.366 e. The summed E-state index contributed by atoms with van der Waals surface area (Å²) < 4.78 is 0. The van der Waals surface area contributed by atoms with Gasteiger partial charge in [-0.1, -0.05) is 41.9 Å². The average molecular weight is 358 g/mol. The minimum atomic E-state index is -0.656. The van der Waals surface area contributed by atoms with Crippen LogP contribution >= 0.6 is 22.9 Å². The number of aromatic nitrogens is 1. The van der Waals surface area contributed by atoms with Gasteiger partial charge < -0.3 is 11.1 Å². The van der Waals surface area contributed by atoms with Crippen LogP contribution < -0.4 is 11.1 Å². The Labute approximate surface area is 147 Å². The number of anilines is 1. The van der Waals surface area contributed by atoms with E-state index in [-0.39, 0.29) is 16.5 Å². The number of hydrogen-bond acceptors (Lipinski definition) is 4. The van der Waals surface area contributed by atoms with E-state index in [9.17, 15) is 9.59 Å². The molecule has 0 aliphatic carbocycles. The van der Waals surface area contributed by atoms with Crippen molar-refractivity contribution in [1.82, 2.24) is 4.98 Å². The lowest BCUT2D eigenvalue weighted by Gasteiger charge is -2.06. The topological polar surface area (TPSA) is 85.1 Å². The van der Waals surface area contributed by atoms with Crippen molar-refractivity contribution in [3.05, 3.63) is 70.2 Å². The monoisotopic (exact) mass is 357 g/mol. The molecule has 0 saturated heterocycles. The fourth-order valence-electron chi connectivity index (χ4n) is 2.08. The van der Waals surface area contributed by atoms with Gasteiger partial charge in [-0.3, -0.25) is 9.59 Å². The molecular weight excluding hydrogens is 346 g/mol. The number of rotatable bonds is 4. The normalized spacial score (nSPS) is 10.4. The van der Waals surface area contributed by atoms with Gasteiger partial charge in [0, 0.05) is 16.6 Å². The quantitative estimate of drug-likeness (QED) is 0.744. The number of nitrogens with two attached hydrogens (primary N) is 1. The average Bonchev–Trinajstić information content (AvgIpc) is 3.07. The highest BCUT2D eigenvalue weighted by Gasteiger charge is 2.14. The molecule has 0 bridgehead atoms. The summed E-state index contributed by atoms with van der Waals surface area (Å²) in [5.74, 6) is -1.03. The minimum absolute atomic E-state index is 0.151. The number of thiazole rings is 1. The first-order chi connectivity index (χ1) is 11.5. The number of halogens is 1. The highest BCUT2D eigenvalue weighted by molar-refractivity contribution is 7.13. The second-order valence-corrected chi connectivity index (χ2v) is 6.18. The van der Waals surface area contributed by atoms with Crippen molar-refractivity contribution in [1.29, 1.82) is 0 Å². The van der Waals surface area contributed by atoms with Crippen LogP contribution in [0.4, 0.5) is 5.69 Å². The molecule has 3 N–H and O–H groups in total. The zero-order valence-electron chi connectivity index (χ0n) is 12.3. The van der Waals surface area contributed by atoms with Gasteiger partial charge in [-0.25, -0.2) is 4.98 Å². The summed E-state index contributed by atoms with van der Waals surface area (Å²) in [5, 5.41) is 5.36. The molecule has 7 heteroatoms. The third-order valence-corrected chi connectivity index (χ3v) is 4.47. The first-order valence-corrected chi connectivity index (χ1v) is 8.22. The lowest BCUT2D eigenvalue weighted by Crippen LogP contribution is -2.15. The Morgan fingerprint density at radius 2 is 1.88 bits per heavy atom. The first-order valence-electron chi connectivity index (χ1n) is 6.96. The number of carbonyl (C=O) groups is 2. The summed E-state index contributed by atoms with van der Waals surface area (Å²) in [7, 11) is 0. The maximum atomic E-state index is 12.3. The van der Waals surface area contributed by atoms with Gasteiger partial charge in [-0.05, 0) is 18.2 Å². The Morgan fingerprint density at radius 1 is 1.12 bits per heavy atom. The van der Waals surface area contributed by atoms with Crippen molar-refractivity contribution in [2.75, 3.05) is 5.32 Å². The molecule has 0 unspecified atom stereocenters. The van der Waals surface area contributed by atoms with Gasteiger partial charge in [0.15, 0.2) is 0 Å². The Morgan fingerprint density at radius 3 is 2.58 bits per heavy atom. The lowest BCUT2D eigenvalue weighted by molar-refractivity contribution is 0.0995. The number of amides is 2. The van der Waals surface area contributed by atoms with E-state index in [1.54, 1.807) is 11.4 Å². The third kappa shape index (κ3) is 3.45. The van der Waals surface area contributed by atoms with Crippen molar-refractivity contribution in [3.63, 3.8) is 0 Å². The molecule has 24 heavy (non-hydrogen) atoms. The fourth-order valence-corrected chi connectivity index (χ4v) is 3.10. The van der Waals surface area contributed by atoms with E-state index in [4.69, 9.17) is 17.3 Å². The summed E-state index contributed by atoms with van der Waals surface area (Å²) >= 11 is 7.28. The standard InChI is InChI=1S/C17H12ClN3O2S/c18-13-7-6-11(8-12(13)15(19)22)20-16(23)14-9-24-17(21-14)10-4-2-1-3-5-10/h1-9H,(H2,19,22)(H,20,23). The van der Waals surface area contributed by atoms with Crippen molar-refractivity contribution in [2.24, 2.45) is 5.73 Å². The molecule has 0 atom stereocenters. The fraction of sp³-hybridized carbons (Fsp3) is 0. The van der Waals surface area contributed by atoms with Crippen LogP contribution in [0.3, 0.4) is 0 Å². The molecule has 120 valence electrons. The highest BCUT2D eigenvalue weighted by Crippen LogP contribution is 2.24. The molecule has 0 fully saturated rings. The molecule has 3 rings (SSSR count). The van der Waals surface area contributed by atoms with Gasteiger partial charge >= 0.3 is 0 Å². The molecular formula is C17H12ClN3O2S. The van der Waals surface area contributed by atoms with Crippen LogP contribution in [0.5, 0.6) is 0 Å². The second-order valence-electron chi connectivity index (χ2n) is 4.92. The van der Waals surface area contributed by atoms with E-state index in [0.717, 1.165) is 10.6 Å². The summed E-state index contributed by atoms with van der Waals surface area (Å²) in [6.45, 7) is 0. The van der Waals surface area contributed by atoms with Gasteiger partial charge in [0.05, 0.1) is 10.6 Å². The molecule has 2 aromatic carbocycles. The van der Waals surface area contributed by atoms with Gasteiger partial charge in [-0.2, -0.15) is 0 Å². The summed E-state index contributed by atoms with van der Waals surface area (Å²) in [4.78, 5) is 28.0. The Balaban J connectivity index is 1.80. The first kappa shape index (κ1) is 16.2. The van der Waals surface area contributed by atoms with Crippen LogP contribution in [-0.4, -0.2) is 16.8 Å². The predicted molar refractivity (Wildman–Crippen MR) is 95.5 cm³/mol. The summed E-state index contributed by atoms with van der Waals surface area (Å²) in [6.07, 6.45) is 0. The van der Waals surface area contributed by atoms with Crippen LogP contribution in [0.2, 0.25) is 5.02 Å². The Bertz CT molecular complexity index is 909. The number of benzene rings is 2. The molecule has 3 aromatic rings. The van der Waals surface area contributed by atoms with Crippen LogP contribution in [0.15, 0.2) is 53.9 Å². The molecule has 0 aliphatic heterocycles. The van der Waals surface area contributed by atoms with Gasteiger partial charge in [0.1, 0.15) is 10.7 Å². The zero-order valence-corrected chi connectivity index (χ0v) is 13.9. The molecule has 1 heterocycles. The smallest absolute Gasteiger partial charge is 0.275 e. The van der Waals surface area contributed by atoms with Crippen molar-refractivity contribution >= 4 is 40.4 Å².